The topological polar surface area (TPSA) is 66.9 Å². The SMILES string of the molecule is Cc1ccc(S(=O)(=O)N2CCOCC2)cc1C(=O)N(C)Cc1cccc(C(F)(F)F)c1. The van der Waals surface area contributed by atoms with Gasteiger partial charge >= 0.3 is 6.18 Å². The van der Waals surface area contributed by atoms with Crippen molar-refractivity contribution in [2.45, 2.75) is 24.5 Å². The van der Waals surface area contributed by atoms with E-state index < -0.39 is 27.7 Å². The number of sulfonamides is 1. The lowest BCUT2D eigenvalue weighted by molar-refractivity contribution is -0.137. The number of carbonyl (C=O) groups is 1. The van der Waals surface area contributed by atoms with Crippen LogP contribution in [0.15, 0.2) is 47.4 Å². The molecule has 3 rings (SSSR count). The zero-order chi connectivity index (χ0) is 22.8. The number of rotatable bonds is 5. The lowest BCUT2D eigenvalue weighted by atomic mass is 10.1. The minimum Gasteiger partial charge on any atom is -0.379 e. The molecule has 0 aromatic heterocycles. The first-order valence-corrected chi connectivity index (χ1v) is 11.0. The van der Waals surface area contributed by atoms with E-state index in [0.29, 0.717) is 24.3 Å². The summed E-state index contributed by atoms with van der Waals surface area (Å²) >= 11 is 0. The molecule has 10 heteroatoms. The Kier molecular flexibility index (Phi) is 6.73. The first-order valence-electron chi connectivity index (χ1n) is 9.60. The molecule has 1 aliphatic heterocycles. The summed E-state index contributed by atoms with van der Waals surface area (Å²) in [6.07, 6.45) is -4.47. The molecule has 1 fully saturated rings. The maximum atomic E-state index is 13.0. The van der Waals surface area contributed by atoms with Crippen LogP contribution >= 0.6 is 0 Å². The summed E-state index contributed by atoms with van der Waals surface area (Å²) in [5.74, 6) is -0.478. The quantitative estimate of drug-likeness (QED) is 0.693. The van der Waals surface area contributed by atoms with Crippen LogP contribution in [0.4, 0.5) is 13.2 Å². The number of hydrogen-bond donors (Lipinski definition) is 0. The Balaban J connectivity index is 1.84. The van der Waals surface area contributed by atoms with Crippen LogP contribution < -0.4 is 0 Å². The average molecular weight is 456 g/mol. The van der Waals surface area contributed by atoms with Gasteiger partial charge in [0, 0.05) is 32.2 Å². The molecule has 0 spiro atoms. The predicted octanol–water partition coefficient (Wildman–Crippen LogP) is 3.31. The molecule has 0 atom stereocenters. The van der Waals surface area contributed by atoms with Crippen molar-refractivity contribution in [2.75, 3.05) is 33.4 Å². The summed E-state index contributed by atoms with van der Waals surface area (Å²) in [6.45, 7) is 2.69. The number of aryl methyl sites for hydroxylation is 1. The van der Waals surface area contributed by atoms with Gasteiger partial charge in [-0.05, 0) is 42.3 Å². The molecule has 2 aromatic rings. The molecule has 1 heterocycles. The van der Waals surface area contributed by atoms with Crippen molar-refractivity contribution in [3.8, 4) is 0 Å². The first-order chi connectivity index (χ1) is 14.5. The summed E-state index contributed by atoms with van der Waals surface area (Å²) in [6, 6.07) is 9.08. The van der Waals surface area contributed by atoms with Gasteiger partial charge in [-0.3, -0.25) is 4.79 Å². The van der Waals surface area contributed by atoms with Crippen LogP contribution in [-0.2, 0) is 27.5 Å². The van der Waals surface area contributed by atoms with Gasteiger partial charge in [0.05, 0.1) is 23.7 Å². The Morgan fingerprint density at radius 2 is 1.81 bits per heavy atom. The monoisotopic (exact) mass is 456 g/mol. The Labute approximate surface area is 179 Å². The molecule has 0 aliphatic carbocycles. The van der Waals surface area contributed by atoms with Crippen molar-refractivity contribution >= 4 is 15.9 Å². The van der Waals surface area contributed by atoms with E-state index >= 15 is 0 Å². The van der Waals surface area contributed by atoms with Gasteiger partial charge in [-0.25, -0.2) is 8.42 Å². The van der Waals surface area contributed by atoms with Crippen LogP contribution in [0, 0.1) is 6.92 Å². The number of hydrogen-bond acceptors (Lipinski definition) is 4. The van der Waals surface area contributed by atoms with Crippen LogP contribution in [0.1, 0.15) is 27.0 Å². The molecule has 0 bridgehead atoms. The van der Waals surface area contributed by atoms with E-state index in [4.69, 9.17) is 4.74 Å². The predicted molar refractivity (Wildman–Crippen MR) is 108 cm³/mol. The van der Waals surface area contributed by atoms with E-state index in [-0.39, 0.29) is 30.1 Å². The normalized spacial score (nSPS) is 15.6. The Morgan fingerprint density at radius 1 is 1.13 bits per heavy atom. The fourth-order valence-corrected chi connectivity index (χ4v) is 4.76. The Morgan fingerprint density at radius 3 is 2.45 bits per heavy atom. The van der Waals surface area contributed by atoms with Gasteiger partial charge in [-0.15, -0.1) is 0 Å². The third-order valence-corrected chi connectivity index (χ3v) is 6.96. The van der Waals surface area contributed by atoms with Crippen LogP contribution in [0.3, 0.4) is 0 Å². The van der Waals surface area contributed by atoms with Crippen LogP contribution in [0.2, 0.25) is 0 Å². The molecule has 1 saturated heterocycles. The van der Waals surface area contributed by atoms with Crippen molar-refractivity contribution in [1.82, 2.24) is 9.21 Å². The largest absolute Gasteiger partial charge is 0.416 e. The van der Waals surface area contributed by atoms with Crippen LogP contribution in [0.5, 0.6) is 0 Å². The highest BCUT2D eigenvalue weighted by molar-refractivity contribution is 7.89. The fraction of sp³-hybridized carbons (Fsp3) is 0.381. The van der Waals surface area contributed by atoms with E-state index in [9.17, 15) is 26.4 Å². The molecule has 6 nitrogen and oxygen atoms in total. The standard InChI is InChI=1S/C21H23F3N2O4S/c1-15-6-7-18(31(28,29)26-8-10-30-11-9-26)13-19(15)20(27)25(2)14-16-4-3-5-17(12-16)21(22,23)24/h3-7,12-13H,8-11,14H2,1-2H3. The maximum Gasteiger partial charge on any atom is 0.416 e. The van der Waals surface area contributed by atoms with Crippen LogP contribution in [0.25, 0.3) is 0 Å². The third-order valence-electron chi connectivity index (χ3n) is 5.07. The van der Waals surface area contributed by atoms with Crippen molar-refractivity contribution in [1.29, 1.82) is 0 Å². The highest BCUT2D eigenvalue weighted by Gasteiger charge is 2.31. The number of ether oxygens (including phenoxy) is 1. The van der Waals surface area contributed by atoms with E-state index in [0.717, 1.165) is 12.1 Å². The summed E-state index contributed by atoms with van der Waals surface area (Å²) < 4.78 is 71.1. The molecule has 1 aliphatic rings. The second-order valence-corrected chi connectivity index (χ2v) is 9.29. The molecule has 0 saturated carbocycles. The molecule has 0 N–H and O–H groups in total. The number of carbonyl (C=O) groups excluding carboxylic acids is 1. The van der Waals surface area contributed by atoms with E-state index in [1.165, 1.54) is 40.5 Å². The zero-order valence-electron chi connectivity index (χ0n) is 17.1. The maximum absolute atomic E-state index is 13.0. The van der Waals surface area contributed by atoms with E-state index in [1.54, 1.807) is 13.0 Å². The summed E-state index contributed by atoms with van der Waals surface area (Å²) in [7, 11) is -2.32. The zero-order valence-corrected chi connectivity index (χ0v) is 18.0. The number of amides is 1. The smallest absolute Gasteiger partial charge is 0.379 e. The van der Waals surface area contributed by atoms with Crippen molar-refractivity contribution < 1.29 is 31.1 Å². The van der Waals surface area contributed by atoms with Crippen LogP contribution in [-0.4, -0.2) is 56.9 Å². The minimum absolute atomic E-state index is 0.00387. The molecule has 1 amide bonds. The summed E-state index contributed by atoms with van der Waals surface area (Å²) in [5.41, 5.74) is 0.284. The Hall–Kier alpha value is -2.43. The summed E-state index contributed by atoms with van der Waals surface area (Å²) in [4.78, 5) is 14.2. The van der Waals surface area contributed by atoms with Gasteiger partial charge in [0.15, 0.2) is 0 Å². The number of benzene rings is 2. The van der Waals surface area contributed by atoms with E-state index in [1.807, 2.05) is 0 Å². The lowest BCUT2D eigenvalue weighted by Crippen LogP contribution is -2.40. The molecule has 0 radical (unpaired) electrons. The number of nitrogens with zero attached hydrogens (tertiary/aromatic N) is 2. The number of halogens is 3. The highest BCUT2D eigenvalue weighted by atomic mass is 32.2. The molecular weight excluding hydrogens is 433 g/mol. The average Bonchev–Trinajstić information content (AvgIpc) is 2.73. The van der Waals surface area contributed by atoms with Gasteiger partial charge < -0.3 is 9.64 Å². The number of morpholine rings is 1. The van der Waals surface area contributed by atoms with E-state index in [2.05, 4.69) is 0 Å². The molecular formula is C21H23F3N2O4S. The molecule has 2 aromatic carbocycles. The molecule has 31 heavy (non-hydrogen) atoms. The number of alkyl halides is 3. The van der Waals surface area contributed by atoms with Gasteiger partial charge in [-0.1, -0.05) is 18.2 Å². The second kappa shape index (κ2) is 8.97. The minimum atomic E-state index is -4.47. The fourth-order valence-electron chi connectivity index (χ4n) is 3.33. The third kappa shape index (κ3) is 5.25. The van der Waals surface area contributed by atoms with Gasteiger partial charge in [-0.2, -0.15) is 17.5 Å². The van der Waals surface area contributed by atoms with Crippen molar-refractivity contribution in [3.05, 3.63) is 64.7 Å². The van der Waals surface area contributed by atoms with Crippen molar-refractivity contribution in [3.63, 3.8) is 0 Å². The Bertz CT molecular complexity index is 1060. The summed E-state index contributed by atoms with van der Waals surface area (Å²) in [5, 5.41) is 0. The highest BCUT2D eigenvalue weighted by Crippen LogP contribution is 2.30. The van der Waals surface area contributed by atoms with Gasteiger partial charge in [0.1, 0.15) is 0 Å². The first kappa shape index (κ1) is 23.2. The van der Waals surface area contributed by atoms with Gasteiger partial charge in [0.2, 0.25) is 10.0 Å². The lowest BCUT2D eigenvalue weighted by Gasteiger charge is -2.26. The van der Waals surface area contributed by atoms with Crippen molar-refractivity contribution in [2.24, 2.45) is 0 Å². The molecule has 0 unspecified atom stereocenters. The van der Waals surface area contributed by atoms with Gasteiger partial charge in [0.25, 0.3) is 5.91 Å². The molecule has 168 valence electrons. The second-order valence-electron chi connectivity index (χ2n) is 7.35.